The second-order valence-corrected chi connectivity index (χ2v) is 3.19. The minimum atomic E-state index is -1.54. The van der Waals surface area contributed by atoms with E-state index in [0.29, 0.717) is 0 Å². The number of aromatic nitrogens is 2. The van der Waals surface area contributed by atoms with Crippen LogP contribution in [0.25, 0.3) is 0 Å². The number of nitrogens with two attached hydrogens (primary N) is 1. The molecule has 3 N–H and O–H groups in total. The van der Waals surface area contributed by atoms with Gasteiger partial charge < -0.3 is 11.1 Å². The fourth-order valence-corrected chi connectivity index (χ4v) is 1.17. The van der Waals surface area contributed by atoms with Crippen molar-refractivity contribution in [2.75, 3.05) is 11.1 Å². The first kappa shape index (κ1) is 11.2. The highest BCUT2D eigenvalue weighted by atomic mass is 19.2. The molecule has 0 radical (unpaired) electrons. The predicted octanol–water partition coefficient (Wildman–Crippen LogP) is 2.22. The van der Waals surface area contributed by atoms with Crippen molar-refractivity contribution in [3.63, 3.8) is 0 Å². The lowest BCUT2D eigenvalue weighted by Gasteiger charge is -2.06. The number of anilines is 3. The average molecular weight is 240 g/mol. The Morgan fingerprint density at radius 1 is 0.941 bits per heavy atom. The molecule has 0 atom stereocenters. The number of benzene rings is 1. The van der Waals surface area contributed by atoms with Crippen LogP contribution in [0.5, 0.6) is 0 Å². The molecule has 0 aliphatic rings. The van der Waals surface area contributed by atoms with Gasteiger partial charge in [0, 0.05) is 0 Å². The van der Waals surface area contributed by atoms with Crippen LogP contribution in [0.15, 0.2) is 24.3 Å². The highest BCUT2D eigenvalue weighted by Gasteiger charge is 2.13. The molecule has 0 bridgehead atoms. The molecule has 0 amide bonds. The van der Waals surface area contributed by atoms with Crippen molar-refractivity contribution in [1.29, 1.82) is 0 Å². The van der Waals surface area contributed by atoms with Crippen LogP contribution >= 0.6 is 0 Å². The van der Waals surface area contributed by atoms with Gasteiger partial charge in [-0.25, -0.2) is 13.2 Å². The maximum Gasteiger partial charge on any atom is 0.196 e. The number of rotatable bonds is 2. The summed E-state index contributed by atoms with van der Waals surface area (Å²) < 4.78 is 38.9. The van der Waals surface area contributed by atoms with E-state index in [1.165, 1.54) is 12.1 Å². The van der Waals surface area contributed by atoms with Gasteiger partial charge in [0.1, 0.15) is 5.82 Å². The van der Waals surface area contributed by atoms with Gasteiger partial charge in [-0.2, -0.15) is 0 Å². The van der Waals surface area contributed by atoms with Gasteiger partial charge in [0.25, 0.3) is 0 Å². The monoisotopic (exact) mass is 240 g/mol. The van der Waals surface area contributed by atoms with E-state index >= 15 is 0 Å². The molecule has 0 unspecified atom stereocenters. The summed E-state index contributed by atoms with van der Waals surface area (Å²) in [4.78, 5) is 0. The molecule has 88 valence electrons. The molecule has 0 fully saturated rings. The minimum Gasteiger partial charge on any atom is -0.382 e. The zero-order valence-corrected chi connectivity index (χ0v) is 8.42. The van der Waals surface area contributed by atoms with Gasteiger partial charge in [-0.15, -0.1) is 10.2 Å². The number of hydrogen-bond acceptors (Lipinski definition) is 4. The Kier molecular flexibility index (Phi) is 2.82. The quantitative estimate of drug-likeness (QED) is 0.790. The zero-order chi connectivity index (χ0) is 12.4. The van der Waals surface area contributed by atoms with E-state index in [2.05, 4.69) is 15.5 Å². The highest BCUT2D eigenvalue weighted by molar-refractivity contribution is 5.57. The second-order valence-electron chi connectivity index (χ2n) is 3.19. The van der Waals surface area contributed by atoms with Crippen LogP contribution in [0.4, 0.5) is 30.5 Å². The molecule has 1 aromatic heterocycles. The Morgan fingerprint density at radius 3 is 2.35 bits per heavy atom. The summed E-state index contributed by atoms with van der Waals surface area (Å²) in [5, 5.41) is 9.57. The van der Waals surface area contributed by atoms with Crippen LogP contribution in [0, 0.1) is 17.5 Å². The van der Waals surface area contributed by atoms with Crippen LogP contribution in [-0.2, 0) is 0 Å². The first-order valence-corrected chi connectivity index (χ1v) is 4.57. The lowest BCUT2D eigenvalue weighted by atomic mass is 10.3. The summed E-state index contributed by atoms with van der Waals surface area (Å²) in [7, 11) is 0. The standard InChI is InChI=1S/C10H7F3N4/c11-5-1-2-6(10(13)9(5)12)15-8-4-3-7(14)16-17-8/h1-4H,(H2,14,16)(H,15,17). The van der Waals surface area contributed by atoms with Gasteiger partial charge >= 0.3 is 0 Å². The summed E-state index contributed by atoms with van der Waals surface area (Å²) in [6.07, 6.45) is 0. The third-order valence-corrected chi connectivity index (χ3v) is 1.98. The summed E-state index contributed by atoms with van der Waals surface area (Å²) in [5.74, 6) is -3.75. The molecule has 4 nitrogen and oxygen atoms in total. The lowest BCUT2D eigenvalue weighted by Crippen LogP contribution is -2.02. The number of nitrogens with one attached hydrogen (secondary N) is 1. The van der Waals surface area contributed by atoms with Crippen LogP contribution < -0.4 is 11.1 Å². The zero-order valence-electron chi connectivity index (χ0n) is 8.42. The van der Waals surface area contributed by atoms with Crippen molar-refractivity contribution < 1.29 is 13.2 Å². The number of halogens is 3. The number of nitrogens with zero attached hydrogens (tertiary/aromatic N) is 2. The smallest absolute Gasteiger partial charge is 0.196 e. The third-order valence-electron chi connectivity index (χ3n) is 1.98. The van der Waals surface area contributed by atoms with Crippen LogP contribution in [0.3, 0.4) is 0 Å². The Balaban J connectivity index is 2.30. The van der Waals surface area contributed by atoms with Crippen molar-refractivity contribution in [2.24, 2.45) is 0 Å². The van der Waals surface area contributed by atoms with Gasteiger partial charge in [-0.05, 0) is 24.3 Å². The maximum atomic E-state index is 13.3. The van der Waals surface area contributed by atoms with Crippen molar-refractivity contribution >= 4 is 17.3 Å². The molecule has 0 aliphatic carbocycles. The van der Waals surface area contributed by atoms with E-state index in [1.54, 1.807) is 0 Å². The Labute approximate surface area is 94.3 Å². The van der Waals surface area contributed by atoms with Crippen molar-refractivity contribution in [3.05, 3.63) is 41.7 Å². The number of nitrogen functional groups attached to an aromatic ring is 1. The van der Waals surface area contributed by atoms with Crippen LogP contribution in [0.1, 0.15) is 0 Å². The van der Waals surface area contributed by atoms with E-state index in [9.17, 15) is 13.2 Å². The average Bonchev–Trinajstić information content (AvgIpc) is 2.33. The maximum absolute atomic E-state index is 13.3. The molecule has 1 heterocycles. The summed E-state index contributed by atoms with van der Waals surface area (Å²) in [5.41, 5.74) is 5.08. The second kappa shape index (κ2) is 4.28. The third kappa shape index (κ3) is 2.27. The molecule has 2 aromatic rings. The summed E-state index contributed by atoms with van der Waals surface area (Å²) in [6, 6.07) is 4.74. The molecular formula is C10H7F3N4. The topological polar surface area (TPSA) is 63.8 Å². The largest absolute Gasteiger partial charge is 0.382 e. The molecule has 0 saturated carbocycles. The van der Waals surface area contributed by atoms with Crippen molar-refractivity contribution in [1.82, 2.24) is 10.2 Å². The molecule has 1 aromatic carbocycles. The molecule has 2 rings (SSSR count). The van der Waals surface area contributed by atoms with E-state index in [4.69, 9.17) is 5.73 Å². The SMILES string of the molecule is Nc1ccc(Nc2ccc(F)c(F)c2F)nn1. The van der Waals surface area contributed by atoms with Gasteiger partial charge in [0.2, 0.25) is 0 Å². The summed E-state index contributed by atoms with van der Waals surface area (Å²) in [6.45, 7) is 0. The first-order chi connectivity index (χ1) is 8.08. The van der Waals surface area contributed by atoms with Crippen LogP contribution in [-0.4, -0.2) is 10.2 Å². The predicted molar refractivity (Wildman–Crippen MR) is 56.0 cm³/mol. The normalized spacial score (nSPS) is 10.3. The molecule has 0 saturated heterocycles. The molecule has 0 aliphatic heterocycles. The van der Waals surface area contributed by atoms with Crippen molar-refractivity contribution in [3.8, 4) is 0 Å². The highest BCUT2D eigenvalue weighted by Crippen LogP contribution is 2.22. The van der Waals surface area contributed by atoms with E-state index < -0.39 is 17.5 Å². The lowest BCUT2D eigenvalue weighted by molar-refractivity contribution is 0.449. The van der Waals surface area contributed by atoms with E-state index in [0.717, 1.165) is 12.1 Å². The minimum absolute atomic E-state index is 0.170. The van der Waals surface area contributed by atoms with Crippen LogP contribution in [0.2, 0.25) is 0 Å². The van der Waals surface area contributed by atoms with Gasteiger partial charge in [0.05, 0.1) is 5.69 Å². The Hall–Kier alpha value is -2.31. The molecular weight excluding hydrogens is 233 g/mol. The van der Waals surface area contributed by atoms with Gasteiger partial charge in [-0.1, -0.05) is 0 Å². The molecule has 17 heavy (non-hydrogen) atoms. The fraction of sp³-hybridized carbons (Fsp3) is 0. The Morgan fingerprint density at radius 2 is 1.71 bits per heavy atom. The Bertz CT molecular complexity index is 542. The van der Waals surface area contributed by atoms with Gasteiger partial charge in [-0.3, -0.25) is 0 Å². The van der Waals surface area contributed by atoms with E-state index in [1.807, 2.05) is 0 Å². The van der Waals surface area contributed by atoms with E-state index in [-0.39, 0.29) is 17.3 Å². The molecule has 0 spiro atoms. The van der Waals surface area contributed by atoms with Gasteiger partial charge in [0.15, 0.2) is 23.3 Å². The van der Waals surface area contributed by atoms with Crippen molar-refractivity contribution in [2.45, 2.75) is 0 Å². The first-order valence-electron chi connectivity index (χ1n) is 4.57. The fourth-order valence-electron chi connectivity index (χ4n) is 1.17. The molecule has 7 heteroatoms. The number of hydrogen-bond donors (Lipinski definition) is 2. The summed E-state index contributed by atoms with van der Waals surface area (Å²) >= 11 is 0.